The molecule has 0 unspecified atom stereocenters. The average molecular weight is 431 g/mol. The minimum Gasteiger partial charge on any atom is -0.439 e. The van der Waals surface area contributed by atoms with Crippen LogP contribution in [0.3, 0.4) is 0 Å². The largest absolute Gasteiger partial charge is 0.471 e. The third-order valence-corrected chi connectivity index (χ3v) is 4.39. The Morgan fingerprint density at radius 2 is 1.89 bits per heavy atom. The van der Waals surface area contributed by atoms with Crippen molar-refractivity contribution in [3.05, 3.63) is 35.4 Å². The number of carbonyl (C=O) groups excluding carboxylic acids is 2. The molecule has 28 heavy (non-hydrogen) atoms. The lowest BCUT2D eigenvalue weighted by Gasteiger charge is -2.11. The number of hydrogen-bond acceptors (Lipinski definition) is 6. The number of alkyl halides is 3. The molecule has 12 heteroatoms. The Morgan fingerprint density at radius 3 is 2.57 bits per heavy atom. The van der Waals surface area contributed by atoms with Gasteiger partial charge in [-0.25, -0.2) is 9.97 Å². The Morgan fingerprint density at radius 1 is 1.14 bits per heavy atom. The van der Waals surface area contributed by atoms with Crippen molar-refractivity contribution in [2.75, 3.05) is 10.6 Å². The summed E-state index contributed by atoms with van der Waals surface area (Å²) in [6.45, 7) is 1.35. The third kappa shape index (κ3) is 4.67. The van der Waals surface area contributed by atoms with Crippen molar-refractivity contribution in [1.82, 2.24) is 9.97 Å². The summed E-state index contributed by atoms with van der Waals surface area (Å²) in [7, 11) is 0. The van der Waals surface area contributed by atoms with Crippen LogP contribution in [-0.2, 0) is 9.59 Å². The van der Waals surface area contributed by atoms with Gasteiger partial charge in [0, 0.05) is 19.1 Å². The van der Waals surface area contributed by atoms with Crippen LogP contribution in [0.4, 0.5) is 24.0 Å². The molecular weight excluding hydrogens is 421 g/mol. The van der Waals surface area contributed by atoms with Gasteiger partial charge in [0.25, 0.3) is 0 Å². The molecular formula is C16H10ClF3N4O3S. The van der Waals surface area contributed by atoms with Gasteiger partial charge in [-0.3, -0.25) is 9.59 Å². The summed E-state index contributed by atoms with van der Waals surface area (Å²) in [5.41, 5.74) is 0.281. The molecule has 2 N–H and O–H groups in total. The van der Waals surface area contributed by atoms with Crippen LogP contribution in [-0.4, -0.2) is 28.0 Å². The molecule has 0 fully saturated rings. The molecule has 0 radical (unpaired) electrons. The summed E-state index contributed by atoms with van der Waals surface area (Å²) < 4.78 is 42.8. The Labute approximate surface area is 164 Å². The van der Waals surface area contributed by atoms with Crippen molar-refractivity contribution in [3.8, 4) is 11.6 Å². The predicted octanol–water partition coefficient (Wildman–Crippen LogP) is 4.60. The van der Waals surface area contributed by atoms with E-state index in [4.69, 9.17) is 16.3 Å². The van der Waals surface area contributed by atoms with E-state index >= 15 is 0 Å². The van der Waals surface area contributed by atoms with E-state index in [0.717, 1.165) is 17.4 Å². The van der Waals surface area contributed by atoms with Crippen LogP contribution in [0.15, 0.2) is 30.3 Å². The Balaban J connectivity index is 1.82. The van der Waals surface area contributed by atoms with Crippen molar-refractivity contribution in [1.29, 1.82) is 0 Å². The number of anilines is 2. The van der Waals surface area contributed by atoms with Crippen LogP contribution >= 0.6 is 22.9 Å². The van der Waals surface area contributed by atoms with Crippen LogP contribution in [0, 0.1) is 0 Å². The molecule has 2 amide bonds. The first kappa shape index (κ1) is 19.8. The normalized spacial score (nSPS) is 11.3. The van der Waals surface area contributed by atoms with Gasteiger partial charge >= 0.3 is 12.1 Å². The number of fused-ring (bicyclic) bond motifs is 1. The maximum atomic E-state index is 12.4. The van der Waals surface area contributed by atoms with Gasteiger partial charge in [0.1, 0.15) is 16.1 Å². The summed E-state index contributed by atoms with van der Waals surface area (Å²) in [5, 5.41) is 4.52. The lowest BCUT2D eigenvalue weighted by atomic mass is 10.3. The quantitative estimate of drug-likeness (QED) is 0.631. The molecule has 2 heterocycles. The van der Waals surface area contributed by atoms with E-state index in [1.165, 1.54) is 25.1 Å². The van der Waals surface area contributed by atoms with Gasteiger partial charge in [0.05, 0.1) is 10.7 Å². The summed E-state index contributed by atoms with van der Waals surface area (Å²) in [6.07, 6.45) is -5.05. The molecule has 0 spiro atoms. The van der Waals surface area contributed by atoms with Crippen molar-refractivity contribution in [2.24, 2.45) is 0 Å². The highest BCUT2D eigenvalue weighted by Crippen LogP contribution is 2.32. The zero-order chi connectivity index (χ0) is 20.5. The maximum absolute atomic E-state index is 12.4. The van der Waals surface area contributed by atoms with E-state index in [1.54, 1.807) is 11.4 Å². The monoisotopic (exact) mass is 430 g/mol. The molecule has 2 aromatic heterocycles. The first-order chi connectivity index (χ1) is 13.1. The number of thiazole rings is 1. The van der Waals surface area contributed by atoms with E-state index < -0.39 is 12.1 Å². The van der Waals surface area contributed by atoms with Gasteiger partial charge in [-0.15, -0.1) is 0 Å². The number of nitrogens with one attached hydrogen (secondary N) is 2. The average Bonchev–Trinajstić information content (AvgIpc) is 2.97. The van der Waals surface area contributed by atoms with E-state index in [2.05, 4.69) is 15.3 Å². The summed E-state index contributed by atoms with van der Waals surface area (Å²) in [5.74, 6) is -2.17. The standard InChI is InChI=1S/C16H10ClF3N4O3S/c1-7(25)21-15-23-10-4-5-12(24-13(10)28-15)27-8-2-3-9(17)11(6-8)22-14(26)16(18,19)20/h2-6H,1H3,(H,22,26)(H,21,23,25). The molecule has 0 aliphatic carbocycles. The lowest BCUT2D eigenvalue weighted by Crippen LogP contribution is -2.30. The maximum Gasteiger partial charge on any atom is 0.471 e. The summed E-state index contributed by atoms with van der Waals surface area (Å²) in [6, 6.07) is 6.95. The highest BCUT2D eigenvalue weighted by molar-refractivity contribution is 7.21. The first-order valence-corrected chi connectivity index (χ1v) is 8.72. The topological polar surface area (TPSA) is 93.2 Å². The van der Waals surface area contributed by atoms with Crippen molar-refractivity contribution in [2.45, 2.75) is 13.1 Å². The molecule has 0 saturated carbocycles. The highest BCUT2D eigenvalue weighted by Gasteiger charge is 2.39. The predicted molar refractivity (Wildman–Crippen MR) is 97.9 cm³/mol. The molecule has 0 aliphatic rings. The molecule has 0 saturated heterocycles. The fourth-order valence-electron chi connectivity index (χ4n) is 2.04. The van der Waals surface area contributed by atoms with E-state index in [9.17, 15) is 22.8 Å². The SMILES string of the molecule is CC(=O)Nc1nc2ccc(Oc3ccc(Cl)c(NC(=O)C(F)(F)F)c3)nc2s1. The fourth-order valence-corrected chi connectivity index (χ4v) is 3.08. The number of amides is 2. The third-order valence-electron chi connectivity index (χ3n) is 3.18. The summed E-state index contributed by atoms with van der Waals surface area (Å²) >= 11 is 6.95. The smallest absolute Gasteiger partial charge is 0.439 e. The second kappa shape index (κ2) is 7.60. The van der Waals surface area contributed by atoms with Gasteiger partial charge in [-0.2, -0.15) is 13.2 Å². The molecule has 0 atom stereocenters. The van der Waals surface area contributed by atoms with E-state index in [-0.39, 0.29) is 28.2 Å². The second-order valence-electron chi connectivity index (χ2n) is 5.37. The fraction of sp³-hybridized carbons (Fsp3) is 0.125. The molecule has 146 valence electrons. The number of carbonyl (C=O) groups is 2. The van der Waals surface area contributed by atoms with E-state index in [0.29, 0.717) is 15.5 Å². The van der Waals surface area contributed by atoms with Gasteiger partial charge in [0.15, 0.2) is 5.13 Å². The first-order valence-electron chi connectivity index (χ1n) is 7.52. The Hall–Kier alpha value is -2.92. The van der Waals surface area contributed by atoms with E-state index in [1.807, 2.05) is 0 Å². The van der Waals surface area contributed by atoms with Crippen LogP contribution in [0.5, 0.6) is 11.6 Å². The zero-order valence-electron chi connectivity index (χ0n) is 13.9. The number of benzene rings is 1. The zero-order valence-corrected chi connectivity index (χ0v) is 15.5. The number of hydrogen-bond donors (Lipinski definition) is 2. The van der Waals surface area contributed by atoms with Crippen LogP contribution in [0.2, 0.25) is 5.02 Å². The highest BCUT2D eigenvalue weighted by atomic mass is 35.5. The number of halogens is 4. The van der Waals surface area contributed by atoms with Gasteiger partial charge in [-0.05, 0) is 18.2 Å². The van der Waals surface area contributed by atoms with Crippen molar-refractivity contribution < 1.29 is 27.5 Å². The number of rotatable bonds is 4. The summed E-state index contributed by atoms with van der Waals surface area (Å²) in [4.78, 5) is 31.1. The van der Waals surface area contributed by atoms with Gasteiger partial charge < -0.3 is 15.4 Å². The van der Waals surface area contributed by atoms with Crippen molar-refractivity contribution >= 4 is 55.9 Å². The molecule has 7 nitrogen and oxygen atoms in total. The number of aromatic nitrogens is 2. The molecule has 3 rings (SSSR count). The molecule has 0 aliphatic heterocycles. The minimum atomic E-state index is -5.05. The van der Waals surface area contributed by atoms with Crippen LogP contribution < -0.4 is 15.4 Å². The number of ether oxygens (including phenoxy) is 1. The molecule has 1 aromatic carbocycles. The van der Waals surface area contributed by atoms with Gasteiger partial charge in [-0.1, -0.05) is 22.9 Å². The van der Waals surface area contributed by atoms with Gasteiger partial charge in [0.2, 0.25) is 11.8 Å². The minimum absolute atomic E-state index is 0.0873. The van der Waals surface area contributed by atoms with Crippen LogP contribution in [0.1, 0.15) is 6.92 Å². The van der Waals surface area contributed by atoms with Crippen molar-refractivity contribution in [3.63, 3.8) is 0 Å². The Kier molecular flexibility index (Phi) is 5.38. The molecule has 3 aromatic rings. The Bertz CT molecular complexity index is 1070. The lowest BCUT2D eigenvalue weighted by molar-refractivity contribution is -0.167. The molecule has 0 bridgehead atoms. The number of pyridine rings is 1. The second-order valence-corrected chi connectivity index (χ2v) is 6.75. The van der Waals surface area contributed by atoms with Crippen LogP contribution in [0.25, 0.3) is 10.3 Å². The number of nitrogens with zero attached hydrogens (tertiary/aromatic N) is 2.